The maximum absolute atomic E-state index is 16.5. The van der Waals surface area contributed by atoms with Gasteiger partial charge < -0.3 is 23.5 Å². The average Bonchev–Trinajstić information content (AvgIpc) is 3.19. The standard InChI is InChI=1S/C28H34FN2O12P/c1-17-14-24(35)38-13-7-10-23(34)42-25-21(41-27(28(25,3)29)31-12-11-19(32)15-22(31)33)16-39-44(37,30-18(2)26(36)40-17)43-20-8-5-4-6-9-20/h4-6,8-9,11-12,17-18,21,25,27H,7,10,13-16H2,1-3H3,(H,30,37)/t17-,18-,21+,25+,27+,28+,44?/m0/s1. The van der Waals surface area contributed by atoms with Crippen LogP contribution < -0.4 is 9.61 Å². The maximum Gasteiger partial charge on any atom is 0.459 e. The first kappa shape index (κ1) is 33.2. The maximum atomic E-state index is 16.5. The summed E-state index contributed by atoms with van der Waals surface area (Å²) < 4.78 is 63.4. The SMILES string of the molecule is C[C@@H]1NP(=O)(Oc2ccccc2)OC[C@H]2O[C@@H](N3C=CC(=O)CC3=O)[C@](C)(F)[C@@H]2OC(=O)CCCOC(=O)C[C@H](C)OC1=O. The van der Waals surface area contributed by atoms with Gasteiger partial charge in [-0.2, -0.15) is 5.09 Å². The van der Waals surface area contributed by atoms with Crippen LogP contribution in [0.4, 0.5) is 4.39 Å². The van der Waals surface area contributed by atoms with Crippen LogP contribution in [0.5, 0.6) is 5.75 Å². The number of cyclic esters (lactones) is 2. The Morgan fingerprint density at radius 1 is 1.07 bits per heavy atom. The third-order valence-electron chi connectivity index (χ3n) is 6.87. The number of rotatable bonds is 3. The highest BCUT2D eigenvalue weighted by molar-refractivity contribution is 7.52. The van der Waals surface area contributed by atoms with E-state index in [9.17, 15) is 28.5 Å². The summed E-state index contributed by atoms with van der Waals surface area (Å²) in [5, 5.41) is 2.47. The fraction of sp³-hybridized carbons (Fsp3) is 0.536. The van der Waals surface area contributed by atoms with Crippen LogP contribution in [0.25, 0.3) is 0 Å². The van der Waals surface area contributed by atoms with E-state index in [1.165, 1.54) is 26.0 Å². The van der Waals surface area contributed by atoms with Gasteiger partial charge in [0.2, 0.25) is 5.91 Å². The molecular formula is C28H34FN2O12P. The number of hydrogen-bond acceptors (Lipinski definition) is 12. The number of amides is 1. The second kappa shape index (κ2) is 14.0. The molecule has 4 rings (SSSR count). The molecule has 240 valence electrons. The second-order valence-corrected chi connectivity index (χ2v) is 12.4. The molecule has 2 fully saturated rings. The predicted octanol–water partition coefficient (Wildman–Crippen LogP) is 2.51. The van der Waals surface area contributed by atoms with Crippen molar-refractivity contribution < 1.29 is 60.9 Å². The number of alkyl halides is 1. The van der Waals surface area contributed by atoms with Gasteiger partial charge in [0.05, 0.1) is 26.1 Å². The lowest BCUT2D eigenvalue weighted by Gasteiger charge is -2.33. The van der Waals surface area contributed by atoms with Gasteiger partial charge in [0.15, 0.2) is 23.8 Å². The number of hydrogen-bond donors (Lipinski definition) is 1. The molecule has 3 aliphatic rings. The quantitative estimate of drug-likeness (QED) is 0.221. The summed E-state index contributed by atoms with van der Waals surface area (Å²) in [5.74, 6) is -3.56. The molecule has 1 unspecified atom stereocenters. The summed E-state index contributed by atoms with van der Waals surface area (Å²) in [5.41, 5.74) is -2.54. The summed E-state index contributed by atoms with van der Waals surface area (Å²) >= 11 is 0. The van der Waals surface area contributed by atoms with Gasteiger partial charge in [-0.3, -0.25) is 33.4 Å². The number of carbonyl (C=O) groups excluding carboxylic acids is 5. The molecule has 0 radical (unpaired) electrons. The Labute approximate surface area is 252 Å². The minimum Gasteiger partial charge on any atom is -0.466 e. The first-order valence-corrected chi connectivity index (χ1v) is 15.5. The lowest BCUT2D eigenvalue weighted by Crippen LogP contribution is -2.52. The molecule has 3 heterocycles. The summed E-state index contributed by atoms with van der Waals surface area (Å²) in [7, 11) is -4.48. The molecule has 3 aliphatic heterocycles. The van der Waals surface area contributed by atoms with Gasteiger partial charge in [0.1, 0.15) is 24.0 Å². The van der Waals surface area contributed by atoms with Gasteiger partial charge >= 0.3 is 25.7 Å². The summed E-state index contributed by atoms with van der Waals surface area (Å²) in [6.45, 7) is 3.01. The van der Waals surface area contributed by atoms with Crippen molar-refractivity contribution in [2.24, 2.45) is 0 Å². The molecule has 14 nitrogen and oxygen atoms in total. The Kier molecular flexibility index (Phi) is 10.6. The molecule has 44 heavy (non-hydrogen) atoms. The van der Waals surface area contributed by atoms with E-state index in [0.29, 0.717) is 0 Å². The van der Waals surface area contributed by atoms with Gasteiger partial charge in [-0.25, -0.2) is 8.96 Å². The number of allylic oxidation sites excluding steroid dienone is 1. The fourth-order valence-electron chi connectivity index (χ4n) is 4.69. The van der Waals surface area contributed by atoms with Gasteiger partial charge in [-0.05, 0) is 45.4 Å². The largest absolute Gasteiger partial charge is 0.466 e. The molecular weight excluding hydrogens is 606 g/mol. The molecule has 0 aliphatic carbocycles. The van der Waals surface area contributed by atoms with E-state index in [1.807, 2.05) is 0 Å². The highest BCUT2D eigenvalue weighted by atomic mass is 31.2. The normalized spacial score (nSPS) is 34.7. The minimum absolute atomic E-state index is 0.0381. The van der Waals surface area contributed by atoms with E-state index in [4.69, 9.17) is 28.0 Å². The number of para-hydroxylation sites is 1. The van der Waals surface area contributed by atoms with Crippen LogP contribution in [0.3, 0.4) is 0 Å². The van der Waals surface area contributed by atoms with Gasteiger partial charge in [-0.15, -0.1) is 0 Å². The number of ether oxygens (including phenoxy) is 4. The average molecular weight is 641 g/mol. The number of esters is 3. The predicted molar refractivity (Wildman–Crippen MR) is 147 cm³/mol. The van der Waals surface area contributed by atoms with Crippen molar-refractivity contribution in [1.29, 1.82) is 0 Å². The number of nitrogens with zero attached hydrogens (tertiary/aromatic N) is 1. The van der Waals surface area contributed by atoms with Crippen LogP contribution in [-0.4, -0.2) is 84.0 Å². The minimum atomic E-state index is -4.48. The molecule has 16 heteroatoms. The van der Waals surface area contributed by atoms with Crippen LogP contribution >= 0.6 is 7.75 Å². The molecule has 0 aromatic heterocycles. The van der Waals surface area contributed by atoms with Crippen molar-refractivity contribution in [3.63, 3.8) is 0 Å². The summed E-state index contributed by atoms with van der Waals surface area (Å²) in [6, 6.07) is 6.56. The Morgan fingerprint density at radius 3 is 2.50 bits per heavy atom. The van der Waals surface area contributed by atoms with E-state index in [2.05, 4.69) is 5.09 Å². The third-order valence-corrected chi connectivity index (χ3v) is 8.51. The zero-order valence-corrected chi connectivity index (χ0v) is 25.2. The van der Waals surface area contributed by atoms with Crippen LogP contribution in [0.1, 0.15) is 46.5 Å². The summed E-state index contributed by atoms with van der Waals surface area (Å²) in [4.78, 5) is 62.9. The second-order valence-electron chi connectivity index (χ2n) is 10.7. The zero-order chi connectivity index (χ0) is 32.1. The lowest BCUT2D eigenvalue weighted by molar-refractivity contribution is -0.161. The molecule has 0 spiro atoms. The molecule has 2 saturated heterocycles. The van der Waals surface area contributed by atoms with E-state index in [0.717, 1.165) is 24.1 Å². The molecule has 1 aromatic rings. The van der Waals surface area contributed by atoms with Crippen molar-refractivity contribution in [2.45, 2.75) is 82.7 Å². The van der Waals surface area contributed by atoms with Crippen molar-refractivity contribution in [3.8, 4) is 5.75 Å². The van der Waals surface area contributed by atoms with Crippen LogP contribution in [0.2, 0.25) is 0 Å². The van der Waals surface area contributed by atoms with E-state index in [-0.39, 0.29) is 31.6 Å². The van der Waals surface area contributed by atoms with Gasteiger partial charge in [-0.1, -0.05) is 18.2 Å². The molecule has 0 saturated carbocycles. The molecule has 1 amide bonds. The highest BCUT2D eigenvalue weighted by Crippen LogP contribution is 2.47. The molecule has 0 bridgehead atoms. The van der Waals surface area contributed by atoms with Crippen molar-refractivity contribution in [3.05, 3.63) is 42.6 Å². The number of carbonyl (C=O) groups is 5. The first-order chi connectivity index (χ1) is 20.8. The van der Waals surface area contributed by atoms with Crippen LogP contribution in [0.15, 0.2) is 42.6 Å². The smallest absolute Gasteiger partial charge is 0.459 e. The monoisotopic (exact) mass is 640 g/mol. The highest BCUT2D eigenvalue weighted by Gasteiger charge is 2.60. The van der Waals surface area contributed by atoms with Crippen molar-refractivity contribution >= 4 is 37.3 Å². The van der Waals surface area contributed by atoms with Crippen molar-refractivity contribution in [2.75, 3.05) is 13.2 Å². The first-order valence-electron chi connectivity index (χ1n) is 14.0. The van der Waals surface area contributed by atoms with E-state index >= 15 is 4.39 Å². The number of halogens is 1. The Balaban J connectivity index is 1.64. The number of fused-ring (bicyclic) bond motifs is 1. The molecule has 1 N–H and O–H groups in total. The van der Waals surface area contributed by atoms with E-state index < -0.39 is 86.6 Å². The Hall–Kier alpha value is -3.65. The van der Waals surface area contributed by atoms with E-state index in [1.54, 1.807) is 18.2 Å². The van der Waals surface area contributed by atoms with Crippen molar-refractivity contribution in [1.82, 2.24) is 9.99 Å². The van der Waals surface area contributed by atoms with Crippen LogP contribution in [-0.2, 0) is 52.0 Å². The molecule has 1 aromatic carbocycles. The van der Waals surface area contributed by atoms with Gasteiger partial charge in [0.25, 0.3) is 0 Å². The fourth-order valence-corrected chi connectivity index (χ4v) is 6.20. The topological polar surface area (TPSA) is 173 Å². The summed E-state index contributed by atoms with van der Waals surface area (Å²) in [6.07, 6.45) is -4.54. The van der Waals surface area contributed by atoms with Gasteiger partial charge in [0, 0.05) is 12.6 Å². The number of benzene rings is 1. The number of nitrogens with one attached hydrogen (secondary N) is 1. The third kappa shape index (κ3) is 8.29. The van der Waals surface area contributed by atoms with Crippen LogP contribution in [0, 0.1) is 0 Å². The number of ketones is 1. The Morgan fingerprint density at radius 2 is 1.80 bits per heavy atom. The lowest BCUT2D eigenvalue weighted by atomic mass is 9.97. The zero-order valence-electron chi connectivity index (χ0n) is 24.3. The molecule has 7 atom stereocenters. The Bertz CT molecular complexity index is 1340.